The highest BCUT2D eigenvalue weighted by molar-refractivity contribution is 9.10. The highest BCUT2D eigenvalue weighted by atomic mass is 79.9. The molecule has 0 aromatic carbocycles. The second-order valence-corrected chi connectivity index (χ2v) is 9.49. The van der Waals surface area contributed by atoms with Crippen molar-refractivity contribution in [1.29, 1.82) is 0 Å². The van der Waals surface area contributed by atoms with Gasteiger partial charge in [0.1, 0.15) is 10.4 Å². The van der Waals surface area contributed by atoms with Gasteiger partial charge in [-0.3, -0.25) is 8.98 Å². The Balaban J connectivity index is 2.10. The number of halogens is 1. The van der Waals surface area contributed by atoms with Gasteiger partial charge in [0.05, 0.1) is 18.4 Å². The molecule has 0 bridgehead atoms. The summed E-state index contributed by atoms with van der Waals surface area (Å²) in [6.45, 7) is 5.13. The van der Waals surface area contributed by atoms with Crippen LogP contribution in [0.3, 0.4) is 0 Å². The third kappa shape index (κ3) is 5.39. The second kappa shape index (κ2) is 7.59. The molecule has 7 nitrogen and oxygen atoms in total. The van der Waals surface area contributed by atoms with Gasteiger partial charge in [0.15, 0.2) is 0 Å². The average molecular weight is 434 g/mol. The average Bonchev–Trinajstić information content (AvgIpc) is 2.77. The van der Waals surface area contributed by atoms with E-state index in [1.807, 2.05) is 0 Å². The van der Waals surface area contributed by atoms with E-state index in [-0.39, 0.29) is 12.1 Å². The van der Waals surface area contributed by atoms with Crippen LogP contribution in [0.4, 0.5) is 5.82 Å². The molecule has 1 fully saturated rings. The van der Waals surface area contributed by atoms with Gasteiger partial charge in [0.25, 0.3) is 16.0 Å². The topological polar surface area (TPSA) is 103 Å². The van der Waals surface area contributed by atoms with E-state index in [9.17, 15) is 13.2 Å². The second-order valence-electron chi connectivity index (χ2n) is 7.03. The Morgan fingerprint density at radius 1 is 1.48 bits per heavy atom. The number of pyridine rings is 1. The molecular formula is C16H24BrN3O4S. The minimum atomic E-state index is -3.39. The van der Waals surface area contributed by atoms with Crippen molar-refractivity contribution < 1.29 is 17.4 Å². The van der Waals surface area contributed by atoms with Gasteiger partial charge in [-0.25, -0.2) is 4.98 Å². The van der Waals surface area contributed by atoms with Gasteiger partial charge in [0, 0.05) is 12.1 Å². The molecule has 1 atom stereocenters. The van der Waals surface area contributed by atoms with Gasteiger partial charge < -0.3 is 10.6 Å². The summed E-state index contributed by atoms with van der Waals surface area (Å²) in [5, 5.41) is 0. The number of carbonyl (C=O) groups is 1. The number of nitrogens with two attached hydrogens (primary N) is 1. The predicted molar refractivity (Wildman–Crippen MR) is 100 cm³/mol. The van der Waals surface area contributed by atoms with Gasteiger partial charge in [-0.15, -0.1) is 0 Å². The molecule has 140 valence electrons. The van der Waals surface area contributed by atoms with E-state index in [2.05, 4.69) is 39.7 Å². The molecule has 9 heteroatoms. The third-order valence-corrected chi connectivity index (χ3v) is 5.41. The van der Waals surface area contributed by atoms with Crippen molar-refractivity contribution in [3.8, 4) is 0 Å². The number of nitrogens with zero attached hydrogens (tertiary/aromatic N) is 2. The molecule has 1 aromatic rings. The Morgan fingerprint density at radius 3 is 2.76 bits per heavy atom. The molecule has 1 aliphatic heterocycles. The Morgan fingerprint density at radius 2 is 2.16 bits per heavy atom. The Hall–Kier alpha value is -1.19. The van der Waals surface area contributed by atoms with E-state index in [0.29, 0.717) is 28.3 Å². The molecule has 0 spiro atoms. The van der Waals surface area contributed by atoms with Crippen LogP contribution in [0.5, 0.6) is 0 Å². The zero-order valence-corrected chi connectivity index (χ0v) is 17.1. The van der Waals surface area contributed by atoms with Crippen LogP contribution in [0.1, 0.15) is 43.5 Å². The molecule has 0 unspecified atom stereocenters. The zero-order valence-electron chi connectivity index (χ0n) is 14.7. The van der Waals surface area contributed by atoms with Gasteiger partial charge in [-0.1, -0.05) is 0 Å². The maximum absolute atomic E-state index is 11.8. The lowest BCUT2D eigenvalue weighted by atomic mass is 9.93. The molecule has 2 heterocycles. The van der Waals surface area contributed by atoms with Gasteiger partial charge in [-0.05, 0) is 67.1 Å². The number of amides is 1. The van der Waals surface area contributed by atoms with E-state index in [4.69, 9.17) is 9.92 Å². The first kappa shape index (κ1) is 20.1. The normalized spacial score (nSPS) is 20.0. The lowest BCUT2D eigenvalue weighted by Crippen LogP contribution is -2.40. The fourth-order valence-corrected chi connectivity index (χ4v) is 4.08. The van der Waals surface area contributed by atoms with E-state index in [0.717, 1.165) is 25.6 Å². The van der Waals surface area contributed by atoms with Crippen LogP contribution in [0.15, 0.2) is 16.7 Å². The quantitative estimate of drug-likeness (QED) is 0.401. The number of rotatable bonds is 7. The monoisotopic (exact) mass is 433 g/mol. The van der Waals surface area contributed by atoms with Crippen molar-refractivity contribution in [2.24, 2.45) is 11.7 Å². The first-order chi connectivity index (χ1) is 11.5. The minimum absolute atomic E-state index is 0.180. The number of anilines is 1. The highest BCUT2D eigenvalue weighted by Gasteiger charge is 2.40. The third-order valence-electron chi connectivity index (χ3n) is 4.38. The highest BCUT2D eigenvalue weighted by Crippen LogP contribution is 2.39. The fraction of sp³-hybridized carbons (Fsp3) is 0.625. The standard InChI is InChI=1S/C16H24BrN3O4S/c1-16(2)9-11(5-4-8-24-25(3,22)23)10-20(16)15-12(14(18)21)6-7-13(17)19-15/h6-7,11H,4-5,8-10H2,1-3H3,(H2,18,21)/t11-/m0/s1. The maximum atomic E-state index is 11.8. The van der Waals surface area contributed by atoms with E-state index in [1.54, 1.807) is 12.1 Å². The number of aromatic nitrogens is 1. The van der Waals surface area contributed by atoms with E-state index in [1.165, 1.54) is 0 Å². The molecule has 1 saturated heterocycles. The van der Waals surface area contributed by atoms with E-state index >= 15 is 0 Å². The molecule has 1 aromatic heterocycles. The molecule has 1 amide bonds. The smallest absolute Gasteiger partial charge is 0.264 e. The number of hydrogen-bond donors (Lipinski definition) is 1. The first-order valence-corrected chi connectivity index (χ1v) is 10.7. The Labute approximate surface area is 157 Å². The number of hydrogen-bond acceptors (Lipinski definition) is 6. The van der Waals surface area contributed by atoms with Gasteiger partial charge >= 0.3 is 0 Å². The van der Waals surface area contributed by atoms with Crippen LogP contribution in [0.2, 0.25) is 0 Å². The molecule has 0 radical (unpaired) electrons. The van der Waals surface area contributed by atoms with Crippen LogP contribution in [0.25, 0.3) is 0 Å². The molecule has 2 rings (SSSR count). The Bertz CT molecular complexity index is 752. The fourth-order valence-electron chi connectivity index (χ4n) is 3.36. The molecule has 25 heavy (non-hydrogen) atoms. The summed E-state index contributed by atoms with van der Waals surface area (Å²) < 4.78 is 27.5. The summed E-state index contributed by atoms with van der Waals surface area (Å²) in [5.41, 5.74) is 5.72. The summed E-state index contributed by atoms with van der Waals surface area (Å²) in [6, 6.07) is 3.38. The van der Waals surface area contributed by atoms with E-state index < -0.39 is 16.0 Å². The molecule has 0 aliphatic carbocycles. The summed E-state index contributed by atoms with van der Waals surface area (Å²) in [6.07, 6.45) is 3.47. The van der Waals surface area contributed by atoms with Crippen molar-refractivity contribution in [3.63, 3.8) is 0 Å². The molecule has 0 saturated carbocycles. The van der Waals surface area contributed by atoms with Gasteiger partial charge in [0.2, 0.25) is 0 Å². The molecule has 1 aliphatic rings. The van der Waals surface area contributed by atoms with Crippen molar-refractivity contribution >= 4 is 37.8 Å². The van der Waals surface area contributed by atoms with Crippen LogP contribution in [-0.2, 0) is 14.3 Å². The Kier molecular flexibility index (Phi) is 6.11. The SMILES string of the molecule is CC1(C)C[C@H](CCCOS(C)(=O)=O)CN1c1nc(Br)ccc1C(N)=O. The van der Waals surface area contributed by atoms with Crippen LogP contribution in [-0.4, -0.2) is 44.3 Å². The summed E-state index contributed by atoms with van der Waals surface area (Å²) in [4.78, 5) is 18.3. The lowest BCUT2D eigenvalue weighted by Gasteiger charge is -2.33. The largest absolute Gasteiger partial charge is 0.365 e. The minimum Gasteiger partial charge on any atom is -0.365 e. The maximum Gasteiger partial charge on any atom is 0.264 e. The molecular weight excluding hydrogens is 410 g/mol. The van der Waals surface area contributed by atoms with Crippen molar-refractivity contribution in [1.82, 2.24) is 4.98 Å². The summed E-state index contributed by atoms with van der Waals surface area (Å²) >= 11 is 3.35. The predicted octanol–water partition coefficient (Wildman–Crippen LogP) is 2.30. The zero-order chi connectivity index (χ0) is 18.8. The van der Waals surface area contributed by atoms with Crippen LogP contribution in [0, 0.1) is 5.92 Å². The van der Waals surface area contributed by atoms with Crippen molar-refractivity contribution in [3.05, 3.63) is 22.3 Å². The van der Waals surface area contributed by atoms with Gasteiger partial charge in [-0.2, -0.15) is 8.42 Å². The van der Waals surface area contributed by atoms with Crippen LogP contribution < -0.4 is 10.6 Å². The summed E-state index contributed by atoms with van der Waals surface area (Å²) in [7, 11) is -3.39. The number of carbonyl (C=O) groups excluding carboxylic acids is 1. The summed E-state index contributed by atoms with van der Waals surface area (Å²) in [5.74, 6) is 0.442. The van der Waals surface area contributed by atoms with Crippen molar-refractivity contribution in [2.45, 2.75) is 38.6 Å². The van der Waals surface area contributed by atoms with Crippen molar-refractivity contribution in [2.75, 3.05) is 24.3 Å². The van der Waals surface area contributed by atoms with Crippen LogP contribution >= 0.6 is 15.9 Å². The first-order valence-electron chi connectivity index (χ1n) is 8.08. The lowest BCUT2D eigenvalue weighted by molar-refractivity contribution is 0.100. The molecule has 2 N–H and O–H groups in total. The number of primary amides is 1.